The first kappa shape index (κ1) is 13.7. The highest BCUT2D eigenvalue weighted by Crippen LogP contribution is 2.29. The van der Waals surface area contributed by atoms with E-state index in [0.717, 1.165) is 12.6 Å². The molecule has 1 saturated carbocycles. The number of aryl methyl sites for hydroxylation is 4. The first-order valence-corrected chi connectivity index (χ1v) is 7.86. The minimum atomic E-state index is 0.827. The van der Waals surface area contributed by atoms with E-state index in [1.54, 1.807) is 5.56 Å². The van der Waals surface area contributed by atoms with Crippen LogP contribution in [-0.2, 0) is 13.5 Å². The standard InChI is InChI=1S/C18H26N2/c1-12-10-13(2)18-17(11-12)16(14(3)20(18)4)6-5-9-19-15-7-8-15/h10-11,15,19H,5-9H2,1-4H3. The zero-order valence-corrected chi connectivity index (χ0v) is 13.2. The average molecular weight is 270 g/mol. The second kappa shape index (κ2) is 5.25. The van der Waals surface area contributed by atoms with E-state index in [-0.39, 0.29) is 0 Å². The second-order valence-electron chi connectivity index (χ2n) is 6.43. The zero-order valence-electron chi connectivity index (χ0n) is 13.2. The summed E-state index contributed by atoms with van der Waals surface area (Å²) in [5, 5.41) is 5.08. The Kier molecular flexibility index (Phi) is 3.59. The van der Waals surface area contributed by atoms with Crippen LogP contribution < -0.4 is 5.32 Å². The molecule has 2 heteroatoms. The van der Waals surface area contributed by atoms with E-state index in [1.165, 1.54) is 53.4 Å². The molecule has 1 N–H and O–H groups in total. The molecule has 108 valence electrons. The van der Waals surface area contributed by atoms with Gasteiger partial charge in [0.05, 0.1) is 5.52 Å². The van der Waals surface area contributed by atoms with Gasteiger partial charge in [0.1, 0.15) is 0 Å². The topological polar surface area (TPSA) is 17.0 Å². The summed E-state index contributed by atoms with van der Waals surface area (Å²) in [4.78, 5) is 0. The van der Waals surface area contributed by atoms with Gasteiger partial charge in [0.2, 0.25) is 0 Å². The van der Waals surface area contributed by atoms with Crippen LogP contribution in [0.5, 0.6) is 0 Å². The Bertz CT molecular complexity index is 633. The monoisotopic (exact) mass is 270 g/mol. The highest BCUT2D eigenvalue weighted by Gasteiger charge is 2.20. The lowest BCUT2D eigenvalue weighted by Crippen LogP contribution is -2.17. The summed E-state index contributed by atoms with van der Waals surface area (Å²) in [6.07, 6.45) is 5.19. The number of nitrogens with zero attached hydrogens (tertiary/aromatic N) is 1. The number of nitrogens with one attached hydrogen (secondary N) is 1. The van der Waals surface area contributed by atoms with Gasteiger partial charge in [0, 0.05) is 24.2 Å². The van der Waals surface area contributed by atoms with Gasteiger partial charge in [0.25, 0.3) is 0 Å². The third kappa shape index (κ3) is 2.49. The quantitative estimate of drug-likeness (QED) is 0.818. The van der Waals surface area contributed by atoms with Crippen molar-refractivity contribution in [3.63, 3.8) is 0 Å². The van der Waals surface area contributed by atoms with E-state index in [0.29, 0.717) is 0 Å². The Morgan fingerprint density at radius 1 is 1.20 bits per heavy atom. The number of aromatic nitrogens is 1. The van der Waals surface area contributed by atoms with E-state index in [2.05, 4.69) is 49.8 Å². The minimum Gasteiger partial charge on any atom is -0.347 e. The van der Waals surface area contributed by atoms with Crippen molar-refractivity contribution in [2.75, 3.05) is 6.54 Å². The number of rotatable bonds is 5. The molecule has 1 heterocycles. The van der Waals surface area contributed by atoms with Gasteiger partial charge in [0.15, 0.2) is 0 Å². The molecule has 0 bridgehead atoms. The van der Waals surface area contributed by atoms with Crippen molar-refractivity contribution in [2.24, 2.45) is 7.05 Å². The largest absolute Gasteiger partial charge is 0.347 e. The summed E-state index contributed by atoms with van der Waals surface area (Å²) in [6.45, 7) is 7.85. The molecule has 1 fully saturated rings. The maximum absolute atomic E-state index is 3.62. The molecule has 20 heavy (non-hydrogen) atoms. The van der Waals surface area contributed by atoms with Crippen LogP contribution in [0.3, 0.4) is 0 Å². The molecule has 2 aromatic rings. The van der Waals surface area contributed by atoms with Crippen LogP contribution in [-0.4, -0.2) is 17.2 Å². The van der Waals surface area contributed by atoms with Crippen LogP contribution in [0.15, 0.2) is 12.1 Å². The van der Waals surface area contributed by atoms with Crippen molar-refractivity contribution < 1.29 is 0 Å². The lowest BCUT2D eigenvalue weighted by Gasteiger charge is -2.05. The SMILES string of the molecule is Cc1cc(C)c2c(c1)c(CCCNC1CC1)c(C)n2C. The maximum Gasteiger partial charge on any atom is 0.0512 e. The number of hydrogen-bond donors (Lipinski definition) is 1. The van der Waals surface area contributed by atoms with Crippen molar-refractivity contribution in [3.8, 4) is 0 Å². The number of benzene rings is 1. The van der Waals surface area contributed by atoms with E-state index >= 15 is 0 Å². The van der Waals surface area contributed by atoms with Gasteiger partial charge < -0.3 is 9.88 Å². The second-order valence-corrected chi connectivity index (χ2v) is 6.43. The van der Waals surface area contributed by atoms with E-state index in [4.69, 9.17) is 0 Å². The summed E-state index contributed by atoms with van der Waals surface area (Å²) in [6, 6.07) is 5.48. The predicted octanol–water partition coefficient (Wildman–Crippen LogP) is 3.79. The van der Waals surface area contributed by atoms with Gasteiger partial charge in [-0.3, -0.25) is 0 Å². The Morgan fingerprint density at radius 2 is 1.95 bits per heavy atom. The van der Waals surface area contributed by atoms with Crippen molar-refractivity contribution in [1.29, 1.82) is 0 Å². The van der Waals surface area contributed by atoms with Gasteiger partial charge in [-0.15, -0.1) is 0 Å². The zero-order chi connectivity index (χ0) is 14.3. The molecule has 2 nitrogen and oxygen atoms in total. The smallest absolute Gasteiger partial charge is 0.0512 e. The molecule has 1 aromatic carbocycles. The van der Waals surface area contributed by atoms with Crippen molar-refractivity contribution in [1.82, 2.24) is 9.88 Å². The maximum atomic E-state index is 3.62. The summed E-state index contributed by atoms with van der Waals surface area (Å²) in [5.41, 5.74) is 7.16. The molecule has 1 aromatic heterocycles. The average Bonchev–Trinajstić information content (AvgIpc) is 3.17. The molecule has 0 spiro atoms. The first-order chi connectivity index (χ1) is 9.58. The molecule has 0 saturated heterocycles. The highest BCUT2D eigenvalue weighted by molar-refractivity contribution is 5.88. The minimum absolute atomic E-state index is 0.827. The summed E-state index contributed by atoms with van der Waals surface area (Å²) >= 11 is 0. The summed E-state index contributed by atoms with van der Waals surface area (Å²) in [7, 11) is 2.20. The summed E-state index contributed by atoms with van der Waals surface area (Å²) < 4.78 is 2.37. The van der Waals surface area contributed by atoms with Crippen LogP contribution in [0.2, 0.25) is 0 Å². The van der Waals surface area contributed by atoms with Crippen LogP contribution in [0, 0.1) is 20.8 Å². The van der Waals surface area contributed by atoms with Crippen molar-refractivity contribution >= 4 is 10.9 Å². The Labute approximate surface area is 122 Å². The predicted molar refractivity (Wildman–Crippen MR) is 86.5 cm³/mol. The van der Waals surface area contributed by atoms with Gasteiger partial charge >= 0.3 is 0 Å². The lowest BCUT2D eigenvalue weighted by atomic mass is 10.0. The molecule has 0 radical (unpaired) electrons. The van der Waals surface area contributed by atoms with Crippen molar-refractivity contribution in [3.05, 3.63) is 34.5 Å². The normalized spacial score (nSPS) is 15.2. The molecule has 0 aliphatic heterocycles. The number of fused-ring (bicyclic) bond motifs is 1. The van der Waals surface area contributed by atoms with Crippen LogP contribution in [0.1, 0.15) is 41.6 Å². The fourth-order valence-electron chi connectivity index (χ4n) is 3.37. The molecular weight excluding hydrogens is 244 g/mol. The molecule has 1 aliphatic carbocycles. The Morgan fingerprint density at radius 3 is 2.65 bits per heavy atom. The van der Waals surface area contributed by atoms with Gasteiger partial charge in [-0.1, -0.05) is 11.6 Å². The van der Waals surface area contributed by atoms with Gasteiger partial charge in [-0.05, 0) is 70.2 Å². The van der Waals surface area contributed by atoms with E-state index < -0.39 is 0 Å². The molecule has 3 rings (SSSR count). The van der Waals surface area contributed by atoms with Crippen LogP contribution >= 0.6 is 0 Å². The fraction of sp³-hybridized carbons (Fsp3) is 0.556. The molecule has 0 amide bonds. The molecule has 0 unspecified atom stereocenters. The highest BCUT2D eigenvalue weighted by atomic mass is 15.0. The molecular formula is C18H26N2. The first-order valence-electron chi connectivity index (χ1n) is 7.86. The van der Waals surface area contributed by atoms with Crippen molar-refractivity contribution in [2.45, 2.75) is 52.5 Å². The van der Waals surface area contributed by atoms with Crippen LogP contribution in [0.4, 0.5) is 0 Å². The fourth-order valence-corrected chi connectivity index (χ4v) is 3.37. The Balaban J connectivity index is 1.86. The third-order valence-corrected chi connectivity index (χ3v) is 4.66. The van der Waals surface area contributed by atoms with Gasteiger partial charge in [-0.25, -0.2) is 0 Å². The Hall–Kier alpha value is -1.28. The lowest BCUT2D eigenvalue weighted by molar-refractivity contribution is 0.645. The van der Waals surface area contributed by atoms with Gasteiger partial charge in [-0.2, -0.15) is 0 Å². The third-order valence-electron chi connectivity index (χ3n) is 4.66. The summed E-state index contributed by atoms with van der Waals surface area (Å²) in [5.74, 6) is 0. The van der Waals surface area contributed by atoms with Crippen LogP contribution in [0.25, 0.3) is 10.9 Å². The van der Waals surface area contributed by atoms with E-state index in [1.807, 2.05) is 0 Å². The number of hydrogen-bond acceptors (Lipinski definition) is 1. The molecule has 0 atom stereocenters. The van der Waals surface area contributed by atoms with E-state index in [9.17, 15) is 0 Å². The molecule has 1 aliphatic rings.